The molecule has 0 aromatic carbocycles. The summed E-state index contributed by atoms with van der Waals surface area (Å²) in [6.45, 7) is 2.58. The molecule has 5 heteroatoms. The van der Waals surface area contributed by atoms with Gasteiger partial charge in [-0.25, -0.2) is 4.79 Å². The number of hydrogen-bond acceptors (Lipinski definition) is 2. The first-order valence-corrected chi connectivity index (χ1v) is 6.39. The molecule has 4 nitrogen and oxygen atoms in total. The zero-order valence-electron chi connectivity index (χ0n) is 9.67. The van der Waals surface area contributed by atoms with Crippen molar-refractivity contribution in [1.82, 2.24) is 10.2 Å². The Hall–Kier alpha value is -0.770. The Morgan fingerprint density at radius 3 is 2.50 bits per heavy atom. The summed E-state index contributed by atoms with van der Waals surface area (Å²) in [6, 6.07) is 0.0262. The third-order valence-corrected chi connectivity index (χ3v) is 3.12. The van der Waals surface area contributed by atoms with E-state index >= 15 is 0 Å². The van der Waals surface area contributed by atoms with E-state index < -0.39 is 0 Å². The van der Waals surface area contributed by atoms with E-state index in [1.54, 1.807) is 4.90 Å². The molecule has 0 atom stereocenters. The topological polar surface area (TPSA) is 49.4 Å². The summed E-state index contributed by atoms with van der Waals surface area (Å²) < 4.78 is 0. The number of carbonyl (C=O) groups is 2. The molecule has 0 bridgehead atoms. The molecule has 0 aliphatic heterocycles. The molecular weight excluding hydrogens is 228 g/mol. The van der Waals surface area contributed by atoms with Gasteiger partial charge < -0.3 is 4.90 Å². The van der Waals surface area contributed by atoms with Gasteiger partial charge in [0.25, 0.3) is 0 Å². The van der Waals surface area contributed by atoms with E-state index in [0.717, 1.165) is 12.8 Å². The smallest absolute Gasteiger partial charge is 0.322 e. The molecule has 1 fully saturated rings. The van der Waals surface area contributed by atoms with Gasteiger partial charge in [-0.1, -0.05) is 12.8 Å². The Labute approximate surface area is 101 Å². The number of halogens is 1. The van der Waals surface area contributed by atoms with Gasteiger partial charge in [0.15, 0.2) is 0 Å². The van der Waals surface area contributed by atoms with E-state index in [2.05, 4.69) is 5.32 Å². The van der Waals surface area contributed by atoms with Crippen molar-refractivity contribution in [2.45, 2.75) is 45.1 Å². The SMILES string of the molecule is CCN(C(=O)NC(=O)CCCl)C1CCCC1. The van der Waals surface area contributed by atoms with Crippen LogP contribution in [0.15, 0.2) is 0 Å². The first-order chi connectivity index (χ1) is 7.69. The van der Waals surface area contributed by atoms with E-state index in [-0.39, 0.29) is 24.2 Å². The molecular formula is C11H19ClN2O2. The fraction of sp³-hybridized carbons (Fsp3) is 0.818. The van der Waals surface area contributed by atoms with E-state index in [1.165, 1.54) is 12.8 Å². The number of nitrogens with one attached hydrogen (secondary N) is 1. The molecule has 0 heterocycles. The van der Waals surface area contributed by atoms with Crippen LogP contribution in [-0.4, -0.2) is 35.3 Å². The highest BCUT2D eigenvalue weighted by Crippen LogP contribution is 2.23. The summed E-state index contributed by atoms with van der Waals surface area (Å²) in [5.74, 6) is -0.0502. The number of urea groups is 1. The highest BCUT2D eigenvalue weighted by Gasteiger charge is 2.25. The largest absolute Gasteiger partial charge is 0.324 e. The first-order valence-electron chi connectivity index (χ1n) is 5.85. The molecule has 1 N–H and O–H groups in total. The Balaban J connectivity index is 2.45. The molecule has 0 aromatic heterocycles. The second-order valence-electron chi connectivity index (χ2n) is 4.02. The minimum Gasteiger partial charge on any atom is -0.322 e. The summed E-state index contributed by atoms with van der Waals surface area (Å²) in [4.78, 5) is 24.8. The minimum atomic E-state index is -0.295. The summed E-state index contributed by atoms with van der Waals surface area (Å²) in [5.41, 5.74) is 0. The molecule has 1 saturated carbocycles. The van der Waals surface area contributed by atoms with Gasteiger partial charge >= 0.3 is 6.03 Å². The maximum Gasteiger partial charge on any atom is 0.324 e. The summed E-state index contributed by atoms with van der Waals surface area (Å²) in [7, 11) is 0. The van der Waals surface area contributed by atoms with Crippen LogP contribution in [0.1, 0.15) is 39.0 Å². The van der Waals surface area contributed by atoms with Gasteiger partial charge in [-0.3, -0.25) is 10.1 Å². The summed E-state index contributed by atoms with van der Waals surface area (Å²) in [6.07, 6.45) is 4.62. The number of imide groups is 1. The molecule has 3 amide bonds. The molecule has 0 spiro atoms. The highest BCUT2D eigenvalue weighted by atomic mass is 35.5. The van der Waals surface area contributed by atoms with Gasteiger partial charge in [0.1, 0.15) is 0 Å². The van der Waals surface area contributed by atoms with Crippen LogP contribution >= 0.6 is 11.6 Å². The number of carbonyl (C=O) groups excluding carboxylic acids is 2. The molecule has 0 radical (unpaired) electrons. The van der Waals surface area contributed by atoms with Crippen LogP contribution in [0.5, 0.6) is 0 Å². The zero-order chi connectivity index (χ0) is 12.0. The van der Waals surface area contributed by atoms with Crippen LogP contribution in [0.4, 0.5) is 4.79 Å². The van der Waals surface area contributed by atoms with Gasteiger partial charge in [0.05, 0.1) is 0 Å². The molecule has 1 rings (SSSR count). The van der Waals surface area contributed by atoms with Crippen LogP contribution in [0.2, 0.25) is 0 Å². The molecule has 1 aliphatic carbocycles. The number of rotatable bonds is 4. The average Bonchev–Trinajstić information content (AvgIpc) is 2.72. The van der Waals surface area contributed by atoms with Crippen molar-refractivity contribution in [1.29, 1.82) is 0 Å². The predicted molar refractivity (Wildman–Crippen MR) is 63.5 cm³/mol. The third-order valence-electron chi connectivity index (χ3n) is 2.93. The van der Waals surface area contributed by atoms with Crippen LogP contribution in [-0.2, 0) is 4.79 Å². The lowest BCUT2D eigenvalue weighted by Crippen LogP contribution is -2.47. The van der Waals surface area contributed by atoms with Crippen molar-refractivity contribution >= 4 is 23.5 Å². The van der Waals surface area contributed by atoms with E-state index in [4.69, 9.17) is 11.6 Å². The maximum atomic E-state index is 11.8. The fourth-order valence-corrected chi connectivity index (χ4v) is 2.29. The van der Waals surface area contributed by atoms with Gasteiger partial charge in [0.2, 0.25) is 5.91 Å². The van der Waals surface area contributed by atoms with Crippen molar-refractivity contribution in [3.8, 4) is 0 Å². The lowest BCUT2D eigenvalue weighted by molar-refractivity contribution is -0.119. The Kier molecular flexibility index (Phi) is 5.60. The second kappa shape index (κ2) is 6.74. The number of nitrogens with zero attached hydrogens (tertiary/aromatic N) is 1. The zero-order valence-corrected chi connectivity index (χ0v) is 10.4. The maximum absolute atomic E-state index is 11.8. The van der Waals surface area contributed by atoms with Crippen LogP contribution in [0.3, 0.4) is 0 Å². The van der Waals surface area contributed by atoms with Gasteiger partial charge in [-0.2, -0.15) is 0 Å². The molecule has 92 valence electrons. The predicted octanol–water partition coefficient (Wildman–Crippen LogP) is 2.12. The highest BCUT2D eigenvalue weighted by molar-refractivity contribution is 6.19. The molecule has 0 aromatic rings. The molecule has 1 aliphatic rings. The monoisotopic (exact) mass is 246 g/mol. The quantitative estimate of drug-likeness (QED) is 0.773. The Morgan fingerprint density at radius 1 is 1.38 bits per heavy atom. The minimum absolute atomic E-state index is 0.190. The van der Waals surface area contributed by atoms with Gasteiger partial charge in [-0.05, 0) is 19.8 Å². The first kappa shape index (κ1) is 13.3. The fourth-order valence-electron chi connectivity index (χ4n) is 2.12. The number of hydrogen-bond donors (Lipinski definition) is 1. The lowest BCUT2D eigenvalue weighted by Gasteiger charge is -2.27. The van der Waals surface area contributed by atoms with Crippen LogP contribution < -0.4 is 5.32 Å². The average molecular weight is 247 g/mol. The normalized spacial score (nSPS) is 16.1. The van der Waals surface area contributed by atoms with E-state index in [0.29, 0.717) is 12.6 Å². The van der Waals surface area contributed by atoms with Crippen LogP contribution in [0.25, 0.3) is 0 Å². The van der Waals surface area contributed by atoms with Crippen molar-refractivity contribution in [2.24, 2.45) is 0 Å². The Morgan fingerprint density at radius 2 is 2.00 bits per heavy atom. The van der Waals surface area contributed by atoms with E-state index in [9.17, 15) is 9.59 Å². The van der Waals surface area contributed by atoms with Gasteiger partial charge in [-0.15, -0.1) is 11.6 Å². The van der Waals surface area contributed by atoms with Crippen molar-refractivity contribution in [3.63, 3.8) is 0 Å². The number of amides is 3. The summed E-state index contributed by atoms with van der Waals surface area (Å²) >= 11 is 5.43. The Bertz CT molecular complexity index is 252. The molecule has 0 unspecified atom stereocenters. The van der Waals surface area contributed by atoms with Crippen molar-refractivity contribution in [3.05, 3.63) is 0 Å². The van der Waals surface area contributed by atoms with E-state index in [1.807, 2.05) is 6.92 Å². The second-order valence-corrected chi connectivity index (χ2v) is 4.39. The van der Waals surface area contributed by atoms with Crippen LogP contribution in [0, 0.1) is 0 Å². The van der Waals surface area contributed by atoms with Gasteiger partial charge in [0, 0.05) is 24.9 Å². The van der Waals surface area contributed by atoms with Crippen molar-refractivity contribution in [2.75, 3.05) is 12.4 Å². The third kappa shape index (κ3) is 3.67. The number of alkyl halides is 1. The molecule has 16 heavy (non-hydrogen) atoms. The standard InChI is InChI=1S/C11H19ClN2O2/c1-2-14(9-5-3-4-6-9)11(16)13-10(15)7-8-12/h9H,2-8H2,1H3,(H,13,15,16). The van der Waals surface area contributed by atoms with Crippen molar-refractivity contribution < 1.29 is 9.59 Å². The summed E-state index contributed by atoms with van der Waals surface area (Å²) in [5, 5.41) is 2.37. The lowest BCUT2D eigenvalue weighted by atomic mass is 10.2. The molecule has 0 saturated heterocycles.